The van der Waals surface area contributed by atoms with E-state index in [1.807, 2.05) is 0 Å². The summed E-state index contributed by atoms with van der Waals surface area (Å²) in [6.07, 6.45) is -12.2. The topological polar surface area (TPSA) is 119 Å². The zero-order chi connectivity index (χ0) is 14.1. The lowest BCUT2D eigenvalue weighted by Crippen LogP contribution is -2.65. The molecule has 5 atom stereocenters. The largest absolute Gasteiger partial charge is 0.471 e. The average Bonchev–Trinajstić information content (AvgIpc) is 2.27. The fourth-order valence-corrected chi connectivity index (χ4v) is 1.49. The van der Waals surface area contributed by atoms with E-state index in [1.165, 1.54) is 5.32 Å². The van der Waals surface area contributed by atoms with Gasteiger partial charge in [-0.05, 0) is 0 Å². The Morgan fingerprint density at radius 2 is 1.78 bits per heavy atom. The Bertz CT molecular complexity index is 312. The van der Waals surface area contributed by atoms with Crippen molar-refractivity contribution in [3.63, 3.8) is 0 Å². The summed E-state index contributed by atoms with van der Waals surface area (Å²) in [5.41, 5.74) is 0. The van der Waals surface area contributed by atoms with Crippen LogP contribution in [0.25, 0.3) is 0 Å². The van der Waals surface area contributed by atoms with Gasteiger partial charge in [-0.25, -0.2) is 0 Å². The van der Waals surface area contributed by atoms with Crippen LogP contribution < -0.4 is 5.32 Å². The Morgan fingerprint density at radius 3 is 2.22 bits per heavy atom. The predicted octanol–water partition coefficient (Wildman–Crippen LogP) is -2.54. The molecule has 1 aliphatic rings. The first kappa shape index (κ1) is 15.1. The smallest absolute Gasteiger partial charge is 0.394 e. The molecule has 0 aromatic rings. The molecule has 10 heteroatoms. The van der Waals surface area contributed by atoms with Gasteiger partial charge < -0.3 is 30.5 Å². The maximum Gasteiger partial charge on any atom is 0.471 e. The van der Waals surface area contributed by atoms with Crippen LogP contribution in [0.4, 0.5) is 13.2 Å². The Balaban J connectivity index is 2.74. The quantitative estimate of drug-likeness (QED) is 0.379. The molecule has 1 rings (SSSR count). The maximum absolute atomic E-state index is 12.0. The van der Waals surface area contributed by atoms with Crippen LogP contribution in [0.1, 0.15) is 0 Å². The molecule has 1 amide bonds. The molecule has 0 bridgehead atoms. The number of carbonyl (C=O) groups is 1. The van der Waals surface area contributed by atoms with Crippen molar-refractivity contribution in [2.45, 2.75) is 36.8 Å². The van der Waals surface area contributed by atoms with Gasteiger partial charge in [-0.3, -0.25) is 4.79 Å². The van der Waals surface area contributed by atoms with Crippen LogP contribution in [-0.4, -0.2) is 69.8 Å². The standard InChI is InChI=1S/C8H12F3NO6/c9-8(10,11)7(17)12-3-5(15)4(14)2(1-13)18-6(3)16/h2-6,13-16H,1H2,(H,12,17)/t2?,3-,4-,5?,6+/m1/s1. The highest BCUT2D eigenvalue weighted by molar-refractivity contribution is 5.82. The molecule has 1 saturated heterocycles. The van der Waals surface area contributed by atoms with Crippen LogP contribution in [0.3, 0.4) is 0 Å². The molecule has 0 spiro atoms. The molecule has 7 nitrogen and oxygen atoms in total. The lowest BCUT2D eigenvalue weighted by molar-refractivity contribution is -0.256. The first-order chi connectivity index (χ1) is 8.18. The number of amides is 1. The molecular weight excluding hydrogens is 263 g/mol. The zero-order valence-electron chi connectivity index (χ0n) is 8.83. The van der Waals surface area contributed by atoms with Crippen LogP contribution in [0.2, 0.25) is 0 Å². The Kier molecular flexibility index (Phi) is 4.50. The molecule has 1 heterocycles. The number of halogens is 3. The third-order valence-corrected chi connectivity index (χ3v) is 2.46. The van der Waals surface area contributed by atoms with Gasteiger partial charge in [0.05, 0.1) is 6.61 Å². The van der Waals surface area contributed by atoms with Crippen molar-refractivity contribution in [1.29, 1.82) is 0 Å². The van der Waals surface area contributed by atoms with E-state index in [-0.39, 0.29) is 0 Å². The van der Waals surface area contributed by atoms with Crippen molar-refractivity contribution in [3.05, 3.63) is 0 Å². The molecular formula is C8H12F3NO6. The molecule has 0 aromatic heterocycles. The summed E-state index contributed by atoms with van der Waals surface area (Å²) in [6.45, 7) is -0.755. The second kappa shape index (κ2) is 5.36. The number of ether oxygens (including phenoxy) is 1. The summed E-state index contributed by atoms with van der Waals surface area (Å²) < 4.78 is 40.5. The summed E-state index contributed by atoms with van der Waals surface area (Å²) in [7, 11) is 0. The van der Waals surface area contributed by atoms with Crippen molar-refractivity contribution in [1.82, 2.24) is 5.32 Å². The lowest BCUT2D eigenvalue weighted by atomic mass is 9.97. The summed E-state index contributed by atoms with van der Waals surface area (Å²) in [6, 6.07) is -1.85. The molecule has 5 N–H and O–H groups in total. The number of aliphatic hydroxyl groups is 4. The molecule has 0 saturated carbocycles. The summed E-state index contributed by atoms with van der Waals surface area (Å²) in [4.78, 5) is 10.6. The van der Waals surface area contributed by atoms with E-state index in [0.717, 1.165) is 0 Å². The molecule has 1 aliphatic heterocycles. The highest BCUT2D eigenvalue weighted by Crippen LogP contribution is 2.21. The van der Waals surface area contributed by atoms with Gasteiger partial charge in [0, 0.05) is 0 Å². The van der Waals surface area contributed by atoms with Gasteiger partial charge in [-0.1, -0.05) is 0 Å². The molecule has 1 fully saturated rings. The second-order valence-corrected chi connectivity index (χ2v) is 3.73. The number of hydrogen-bond donors (Lipinski definition) is 5. The van der Waals surface area contributed by atoms with Crippen LogP contribution in [0.15, 0.2) is 0 Å². The summed E-state index contributed by atoms with van der Waals surface area (Å²) >= 11 is 0. The van der Waals surface area contributed by atoms with Crippen molar-refractivity contribution < 1.29 is 43.1 Å². The van der Waals surface area contributed by atoms with E-state index < -0.39 is 49.3 Å². The van der Waals surface area contributed by atoms with Crippen molar-refractivity contribution in [2.24, 2.45) is 0 Å². The third kappa shape index (κ3) is 3.09. The molecule has 0 aromatic carbocycles. The van der Waals surface area contributed by atoms with Gasteiger partial charge in [-0.2, -0.15) is 13.2 Å². The number of aliphatic hydroxyl groups excluding tert-OH is 4. The Hall–Kier alpha value is -0.940. The molecule has 2 unspecified atom stereocenters. The Morgan fingerprint density at radius 1 is 1.22 bits per heavy atom. The molecule has 18 heavy (non-hydrogen) atoms. The minimum Gasteiger partial charge on any atom is -0.394 e. The number of hydrogen-bond acceptors (Lipinski definition) is 6. The van der Waals surface area contributed by atoms with Gasteiger partial charge in [-0.15, -0.1) is 0 Å². The normalized spacial score (nSPS) is 37.4. The lowest BCUT2D eigenvalue weighted by Gasteiger charge is -2.40. The fraction of sp³-hybridized carbons (Fsp3) is 0.875. The minimum absolute atomic E-state index is 0.755. The minimum atomic E-state index is -5.20. The zero-order valence-corrected chi connectivity index (χ0v) is 8.83. The van der Waals surface area contributed by atoms with E-state index in [0.29, 0.717) is 0 Å². The van der Waals surface area contributed by atoms with Gasteiger partial charge in [0.1, 0.15) is 24.4 Å². The van der Waals surface area contributed by atoms with E-state index in [1.54, 1.807) is 0 Å². The van der Waals surface area contributed by atoms with Gasteiger partial charge in [0.15, 0.2) is 6.29 Å². The predicted molar refractivity (Wildman–Crippen MR) is 48.0 cm³/mol. The molecule has 0 radical (unpaired) electrons. The SMILES string of the molecule is O=C(N[C@@H]1C(O)[C@H](O)C(CO)O[C@@H]1O)C(F)(F)F. The third-order valence-electron chi connectivity index (χ3n) is 2.46. The van der Waals surface area contributed by atoms with Crippen molar-refractivity contribution in [2.75, 3.05) is 6.61 Å². The summed E-state index contributed by atoms with van der Waals surface area (Å²) in [5, 5.41) is 38.1. The van der Waals surface area contributed by atoms with Crippen LogP contribution in [-0.2, 0) is 9.53 Å². The van der Waals surface area contributed by atoms with Crippen LogP contribution in [0, 0.1) is 0 Å². The van der Waals surface area contributed by atoms with Gasteiger partial charge >= 0.3 is 12.1 Å². The van der Waals surface area contributed by atoms with E-state index in [9.17, 15) is 33.3 Å². The first-order valence-corrected chi connectivity index (χ1v) is 4.86. The van der Waals surface area contributed by atoms with E-state index in [4.69, 9.17) is 5.11 Å². The van der Waals surface area contributed by atoms with Gasteiger partial charge in [0.25, 0.3) is 0 Å². The molecule has 0 aliphatic carbocycles. The second-order valence-electron chi connectivity index (χ2n) is 3.73. The highest BCUT2D eigenvalue weighted by atomic mass is 19.4. The monoisotopic (exact) mass is 275 g/mol. The van der Waals surface area contributed by atoms with Crippen LogP contribution in [0.5, 0.6) is 0 Å². The number of rotatable bonds is 2. The first-order valence-electron chi connectivity index (χ1n) is 4.86. The van der Waals surface area contributed by atoms with Gasteiger partial charge in [0.2, 0.25) is 0 Å². The maximum atomic E-state index is 12.0. The van der Waals surface area contributed by atoms with E-state index in [2.05, 4.69) is 4.74 Å². The number of alkyl halides is 3. The summed E-state index contributed by atoms with van der Waals surface area (Å²) in [5.74, 6) is -2.39. The number of nitrogens with one attached hydrogen (secondary N) is 1. The van der Waals surface area contributed by atoms with Crippen molar-refractivity contribution >= 4 is 5.91 Å². The number of carbonyl (C=O) groups excluding carboxylic acids is 1. The Labute approximate surface area is 98.8 Å². The molecule has 106 valence electrons. The van der Waals surface area contributed by atoms with E-state index >= 15 is 0 Å². The highest BCUT2D eigenvalue weighted by Gasteiger charge is 2.48. The average molecular weight is 275 g/mol. The van der Waals surface area contributed by atoms with Crippen LogP contribution >= 0.6 is 0 Å². The fourth-order valence-electron chi connectivity index (χ4n) is 1.49. The van der Waals surface area contributed by atoms with Crippen molar-refractivity contribution in [3.8, 4) is 0 Å².